The number of hydrogen-bond acceptors (Lipinski definition) is 7. The van der Waals surface area contributed by atoms with Gasteiger partial charge < -0.3 is 26.0 Å². The van der Waals surface area contributed by atoms with E-state index in [4.69, 9.17) is 10.5 Å². The predicted octanol–water partition coefficient (Wildman–Crippen LogP) is 2.26. The number of nitrogens with one attached hydrogen (secondary N) is 2. The molecule has 4 N–H and O–H groups in total. The Hall–Kier alpha value is -2.94. The summed E-state index contributed by atoms with van der Waals surface area (Å²) < 4.78 is 19.6. The molecular formula is C20H25FN6O2. The molecule has 2 unspecified atom stereocenters. The number of anilines is 4. The maximum absolute atomic E-state index is 14.2. The Morgan fingerprint density at radius 1 is 1.21 bits per heavy atom. The van der Waals surface area contributed by atoms with Crippen molar-refractivity contribution in [2.45, 2.75) is 25.3 Å². The van der Waals surface area contributed by atoms with Gasteiger partial charge in [0.05, 0.1) is 25.3 Å². The molecule has 0 bridgehead atoms. The van der Waals surface area contributed by atoms with Crippen molar-refractivity contribution in [3.05, 3.63) is 36.3 Å². The number of carbonyl (C=O) groups excluding carboxylic acids is 1. The molecule has 1 aliphatic carbocycles. The first-order chi connectivity index (χ1) is 14.1. The number of aromatic nitrogens is 2. The van der Waals surface area contributed by atoms with Crippen molar-refractivity contribution in [2.75, 3.05) is 41.8 Å². The van der Waals surface area contributed by atoms with Crippen molar-refractivity contribution < 1.29 is 13.9 Å². The number of morpholine rings is 1. The third kappa shape index (κ3) is 4.56. The highest BCUT2D eigenvalue weighted by Gasteiger charge is 2.32. The van der Waals surface area contributed by atoms with Crippen LogP contribution in [0.3, 0.4) is 0 Å². The molecule has 4 rings (SSSR count). The average molecular weight is 400 g/mol. The summed E-state index contributed by atoms with van der Waals surface area (Å²) in [7, 11) is 0. The monoisotopic (exact) mass is 400 g/mol. The highest BCUT2D eigenvalue weighted by atomic mass is 19.1. The topological polar surface area (TPSA) is 105 Å². The van der Waals surface area contributed by atoms with Crippen LogP contribution in [0.25, 0.3) is 0 Å². The number of hydrogen-bond donors (Lipinski definition) is 3. The summed E-state index contributed by atoms with van der Waals surface area (Å²) in [5, 5.41) is 6.13. The van der Waals surface area contributed by atoms with Crippen molar-refractivity contribution in [2.24, 2.45) is 11.7 Å². The summed E-state index contributed by atoms with van der Waals surface area (Å²) in [5.74, 6) is -0.887. The molecule has 154 valence electrons. The number of halogens is 1. The summed E-state index contributed by atoms with van der Waals surface area (Å²) >= 11 is 0. The van der Waals surface area contributed by atoms with E-state index in [1.807, 2.05) is 24.3 Å². The van der Waals surface area contributed by atoms with Gasteiger partial charge >= 0.3 is 0 Å². The molecule has 1 saturated carbocycles. The first kappa shape index (κ1) is 19.4. The Labute approximate surface area is 168 Å². The normalized spacial score (nSPS) is 21.8. The summed E-state index contributed by atoms with van der Waals surface area (Å²) in [5.41, 5.74) is 7.38. The Morgan fingerprint density at radius 2 is 1.97 bits per heavy atom. The minimum Gasteiger partial charge on any atom is -0.378 e. The minimum absolute atomic E-state index is 0.0746. The van der Waals surface area contributed by atoms with Crippen LogP contribution in [-0.4, -0.2) is 48.2 Å². The average Bonchev–Trinajstić information content (AvgIpc) is 3.20. The molecule has 29 heavy (non-hydrogen) atoms. The molecule has 2 aromatic rings. The quantitative estimate of drug-likeness (QED) is 0.683. The van der Waals surface area contributed by atoms with E-state index in [0.29, 0.717) is 6.42 Å². The van der Waals surface area contributed by atoms with Crippen LogP contribution in [0.5, 0.6) is 0 Å². The van der Waals surface area contributed by atoms with Gasteiger partial charge in [0.15, 0.2) is 11.6 Å². The van der Waals surface area contributed by atoms with Crippen LogP contribution in [0.15, 0.2) is 30.5 Å². The third-order valence-corrected chi connectivity index (χ3v) is 5.45. The summed E-state index contributed by atoms with van der Waals surface area (Å²) in [4.78, 5) is 22.1. The zero-order valence-electron chi connectivity index (χ0n) is 16.1. The van der Waals surface area contributed by atoms with Crippen LogP contribution in [0.1, 0.15) is 19.3 Å². The summed E-state index contributed by atoms with van der Waals surface area (Å²) in [6, 6.07) is 7.70. The molecule has 1 aromatic carbocycles. The second kappa shape index (κ2) is 8.60. The van der Waals surface area contributed by atoms with Gasteiger partial charge in [-0.2, -0.15) is 4.98 Å². The number of amides is 1. The van der Waals surface area contributed by atoms with Gasteiger partial charge in [-0.1, -0.05) is 6.42 Å². The molecule has 2 fully saturated rings. The van der Waals surface area contributed by atoms with E-state index in [-0.39, 0.29) is 29.6 Å². The van der Waals surface area contributed by atoms with E-state index >= 15 is 0 Å². The van der Waals surface area contributed by atoms with Gasteiger partial charge in [0.25, 0.3) is 0 Å². The van der Waals surface area contributed by atoms with Crippen LogP contribution >= 0.6 is 0 Å². The number of carbonyl (C=O) groups is 1. The molecule has 0 radical (unpaired) electrons. The molecule has 2 aliphatic rings. The fraction of sp³-hybridized carbons (Fsp3) is 0.450. The number of primary amides is 1. The van der Waals surface area contributed by atoms with E-state index in [1.165, 1.54) is 0 Å². The molecule has 1 saturated heterocycles. The van der Waals surface area contributed by atoms with Crippen molar-refractivity contribution in [1.29, 1.82) is 0 Å². The van der Waals surface area contributed by atoms with E-state index in [2.05, 4.69) is 25.5 Å². The van der Waals surface area contributed by atoms with Gasteiger partial charge in [0.2, 0.25) is 11.9 Å². The van der Waals surface area contributed by atoms with Crippen LogP contribution in [0.4, 0.5) is 27.5 Å². The first-order valence-electron chi connectivity index (χ1n) is 9.88. The standard InChI is InChI=1S/C20H25FN6O2/c21-16-12-23-20(26-19(16)25-17-3-1-2-15(17)18(22)28)24-13-4-6-14(7-5-13)27-8-10-29-11-9-27/h4-7,12,15,17H,1-3,8-11H2,(H2,22,28)(H2,23,24,25,26). The maximum Gasteiger partial charge on any atom is 0.229 e. The molecule has 2 atom stereocenters. The SMILES string of the molecule is NC(=O)C1CCCC1Nc1nc(Nc2ccc(N3CCOCC3)cc2)ncc1F. The van der Waals surface area contributed by atoms with Gasteiger partial charge in [0, 0.05) is 30.5 Å². The smallest absolute Gasteiger partial charge is 0.229 e. The van der Waals surface area contributed by atoms with Crippen molar-refractivity contribution >= 4 is 29.0 Å². The highest BCUT2D eigenvalue weighted by Crippen LogP contribution is 2.29. The van der Waals surface area contributed by atoms with Crippen LogP contribution in [-0.2, 0) is 9.53 Å². The molecule has 1 aromatic heterocycles. The fourth-order valence-corrected chi connectivity index (χ4v) is 3.88. The van der Waals surface area contributed by atoms with Crippen molar-refractivity contribution in [3.8, 4) is 0 Å². The van der Waals surface area contributed by atoms with E-state index in [0.717, 1.165) is 56.7 Å². The number of ether oxygens (including phenoxy) is 1. The lowest BCUT2D eigenvalue weighted by atomic mass is 10.0. The summed E-state index contributed by atoms with van der Waals surface area (Å²) in [6.07, 6.45) is 3.45. The zero-order chi connectivity index (χ0) is 20.2. The Morgan fingerprint density at radius 3 is 2.69 bits per heavy atom. The van der Waals surface area contributed by atoms with Gasteiger partial charge in [-0.05, 0) is 37.1 Å². The van der Waals surface area contributed by atoms with Crippen molar-refractivity contribution in [3.63, 3.8) is 0 Å². The van der Waals surface area contributed by atoms with Crippen molar-refractivity contribution in [1.82, 2.24) is 9.97 Å². The van der Waals surface area contributed by atoms with Gasteiger partial charge in [-0.15, -0.1) is 0 Å². The fourth-order valence-electron chi connectivity index (χ4n) is 3.88. The number of rotatable bonds is 6. The third-order valence-electron chi connectivity index (χ3n) is 5.45. The summed E-state index contributed by atoms with van der Waals surface area (Å²) in [6.45, 7) is 3.21. The second-order valence-electron chi connectivity index (χ2n) is 7.35. The molecular weight excluding hydrogens is 375 g/mol. The van der Waals surface area contributed by atoms with E-state index < -0.39 is 5.82 Å². The maximum atomic E-state index is 14.2. The molecule has 0 spiro atoms. The largest absolute Gasteiger partial charge is 0.378 e. The lowest BCUT2D eigenvalue weighted by Gasteiger charge is -2.28. The lowest BCUT2D eigenvalue weighted by molar-refractivity contribution is -0.121. The predicted molar refractivity (Wildman–Crippen MR) is 109 cm³/mol. The molecule has 2 heterocycles. The van der Waals surface area contributed by atoms with Gasteiger partial charge in [-0.3, -0.25) is 4.79 Å². The minimum atomic E-state index is -0.562. The molecule has 9 heteroatoms. The highest BCUT2D eigenvalue weighted by molar-refractivity contribution is 5.78. The number of benzene rings is 1. The Balaban J connectivity index is 1.44. The van der Waals surface area contributed by atoms with Crippen LogP contribution in [0, 0.1) is 11.7 Å². The zero-order valence-corrected chi connectivity index (χ0v) is 16.1. The van der Waals surface area contributed by atoms with Gasteiger partial charge in [0.1, 0.15) is 0 Å². The molecule has 1 aliphatic heterocycles. The van der Waals surface area contributed by atoms with Crippen LogP contribution < -0.4 is 21.3 Å². The Kier molecular flexibility index (Phi) is 5.75. The number of nitrogens with two attached hydrogens (primary N) is 1. The number of nitrogens with zero attached hydrogens (tertiary/aromatic N) is 3. The second-order valence-corrected chi connectivity index (χ2v) is 7.35. The molecule has 1 amide bonds. The Bertz CT molecular complexity index is 857. The van der Waals surface area contributed by atoms with Gasteiger partial charge in [-0.25, -0.2) is 9.37 Å². The molecule has 8 nitrogen and oxygen atoms in total. The first-order valence-corrected chi connectivity index (χ1v) is 9.88. The van der Waals surface area contributed by atoms with Crippen LogP contribution in [0.2, 0.25) is 0 Å². The van der Waals surface area contributed by atoms with E-state index in [1.54, 1.807) is 0 Å². The lowest BCUT2D eigenvalue weighted by Crippen LogP contribution is -2.36. The van der Waals surface area contributed by atoms with E-state index in [9.17, 15) is 9.18 Å².